The number of anilines is 1. The maximum atomic E-state index is 13.4. The van der Waals surface area contributed by atoms with Crippen molar-refractivity contribution >= 4 is 11.7 Å². The molecular weight excluding hydrogens is 410 g/mol. The van der Waals surface area contributed by atoms with E-state index in [-0.39, 0.29) is 19.6 Å². The summed E-state index contributed by atoms with van der Waals surface area (Å²) in [5.41, 5.74) is 0.834. The van der Waals surface area contributed by atoms with E-state index in [2.05, 4.69) is 11.9 Å². The van der Waals surface area contributed by atoms with E-state index in [1.807, 2.05) is 0 Å². The molecule has 2 amide bonds. The number of carbonyl (C=O) groups is 1. The first-order valence-corrected chi connectivity index (χ1v) is 9.49. The van der Waals surface area contributed by atoms with Crippen molar-refractivity contribution in [3.8, 4) is 0 Å². The summed E-state index contributed by atoms with van der Waals surface area (Å²) in [6, 6.07) is 13.8. The number of nitrogens with zero attached hydrogens (tertiary/aromatic N) is 2. The largest absolute Gasteiger partial charge is 0.416 e. The number of nitrogens with one attached hydrogen (secondary N) is 1. The number of hydrogen-bond donors (Lipinski definition) is 1. The number of hydrogen-bond acceptors (Lipinski definition) is 1. The molecule has 0 aliphatic heterocycles. The summed E-state index contributed by atoms with van der Waals surface area (Å²) in [5, 5.41) is 2.64. The Bertz CT molecular complexity index is 1060. The lowest BCUT2D eigenvalue weighted by atomic mass is 10.1. The van der Waals surface area contributed by atoms with Gasteiger partial charge in [-0.1, -0.05) is 24.3 Å². The van der Waals surface area contributed by atoms with Gasteiger partial charge in [-0.3, -0.25) is 0 Å². The molecule has 0 aliphatic carbocycles. The van der Waals surface area contributed by atoms with Crippen molar-refractivity contribution in [2.24, 2.45) is 0 Å². The number of aromatic nitrogens is 1. The van der Waals surface area contributed by atoms with E-state index in [0.717, 1.165) is 17.8 Å². The number of urea groups is 1. The molecule has 162 valence electrons. The molecule has 31 heavy (non-hydrogen) atoms. The molecule has 1 N–H and O–H groups in total. The van der Waals surface area contributed by atoms with Crippen LogP contribution < -0.4 is 5.32 Å². The fourth-order valence-electron chi connectivity index (χ4n) is 3.13. The molecule has 0 unspecified atom stereocenters. The van der Waals surface area contributed by atoms with E-state index in [9.17, 15) is 22.4 Å². The molecule has 1 aromatic heterocycles. The molecular formula is C23H21F4N3O. The Morgan fingerprint density at radius 2 is 1.87 bits per heavy atom. The standard InChI is InChI=1S/C23H21F4N3O/c1-2-11-30(22(31)28-20-9-4-8-19(24)14-20)16-21-10-5-12-29(21)15-17-6-3-7-18(13-17)23(25,26)27/h2-10,12-14H,1,11,15-16H2,(H,28,31). The lowest BCUT2D eigenvalue weighted by Gasteiger charge is -2.23. The predicted molar refractivity (Wildman–Crippen MR) is 111 cm³/mol. The van der Waals surface area contributed by atoms with Crippen molar-refractivity contribution in [2.45, 2.75) is 19.3 Å². The monoisotopic (exact) mass is 431 g/mol. The first-order chi connectivity index (χ1) is 14.8. The second kappa shape index (κ2) is 9.51. The summed E-state index contributed by atoms with van der Waals surface area (Å²) in [7, 11) is 0. The van der Waals surface area contributed by atoms with Gasteiger partial charge in [-0.2, -0.15) is 13.2 Å². The SMILES string of the molecule is C=CCN(Cc1cccn1Cc1cccc(C(F)(F)F)c1)C(=O)Nc1cccc(F)c1. The zero-order valence-corrected chi connectivity index (χ0v) is 16.6. The number of rotatable bonds is 7. The summed E-state index contributed by atoms with van der Waals surface area (Å²) in [6.45, 7) is 4.31. The van der Waals surface area contributed by atoms with Crippen molar-refractivity contribution in [3.05, 3.63) is 102 Å². The summed E-state index contributed by atoms with van der Waals surface area (Å²) >= 11 is 0. The van der Waals surface area contributed by atoms with Crippen LogP contribution in [0.25, 0.3) is 0 Å². The van der Waals surface area contributed by atoms with E-state index in [0.29, 0.717) is 11.3 Å². The Kier molecular flexibility index (Phi) is 6.79. The van der Waals surface area contributed by atoms with Crippen LogP contribution in [-0.4, -0.2) is 22.0 Å². The topological polar surface area (TPSA) is 37.3 Å². The zero-order chi connectivity index (χ0) is 22.4. The minimum Gasteiger partial charge on any atom is -0.345 e. The highest BCUT2D eigenvalue weighted by Gasteiger charge is 2.30. The third-order valence-corrected chi connectivity index (χ3v) is 4.60. The van der Waals surface area contributed by atoms with Gasteiger partial charge in [0.05, 0.1) is 12.1 Å². The first kappa shape index (κ1) is 22.1. The second-order valence-electron chi connectivity index (χ2n) is 6.94. The van der Waals surface area contributed by atoms with Gasteiger partial charge in [-0.25, -0.2) is 9.18 Å². The van der Waals surface area contributed by atoms with Crippen LogP contribution >= 0.6 is 0 Å². The molecule has 0 radical (unpaired) electrons. The molecule has 0 saturated heterocycles. The van der Waals surface area contributed by atoms with Crippen LogP contribution in [0.4, 0.5) is 28.0 Å². The van der Waals surface area contributed by atoms with E-state index < -0.39 is 23.6 Å². The molecule has 1 heterocycles. The molecule has 3 aromatic rings. The van der Waals surface area contributed by atoms with Gasteiger partial charge in [0.1, 0.15) is 5.82 Å². The van der Waals surface area contributed by atoms with Crippen LogP contribution in [0.15, 0.2) is 79.5 Å². The van der Waals surface area contributed by atoms with Gasteiger partial charge in [0, 0.05) is 30.7 Å². The average Bonchev–Trinajstić information content (AvgIpc) is 3.14. The molecule has 0 saturated carbocycles. The number of benzene rings is 2. The van der Waals surface area contributed by atoms with Gasteiger partial charge in [-0.05, 0) is 48.0 Å². The minimum absolute atomic E-state index is 0.194. The van der Waals surface area contributed by atoms with Crippen LogP contribution in [0.3, 0.4) is 0 Å². The van der Waals surface area contributed by atoms with Gasteiger partial charge in [0.15, 0.2) is 0 Å². The highest BCUT2D eigenvalue weighted by molar-refractivity contribution is 5.89. The smallest absolute Gasteiger partial charge is 0.345 e. The Balaban J connectivity index is 1.75. The van der Waals surface area contributed by atoms with Gasteiger partial charge < -0.3 is 14.8 Å². The van der Waals surface area contributed by atoms with Crippen LogP contribution in [-0.2, 0) is 19.3 Å². The molecule has 0 fully saturated rings. The number of carbonyl (C=O) groups excluding carboxylic acids is 1. The van der Waals surface area contributed by atoms with Crippen molar-refractivity contribution in [1.82, 2.24) is 9.47 Å². The van der Waals surface area contributed by atoms with Crippen molar-refractivity contribution in [2.75, 3.05) is 11.9 Å². The normalized spacial score (nSPS) is 11.2. The van der Waals surface area contributed by atoms with Crippen molar-refractivity contribution in [1.29, 1.82) is 0 Å². The molecule has 2 aromatic carbocycles. The predicted octanol–water partition coefficient (Wildman–Crippen LogP) is 5.91. The number of amides is 2. The van der Waals surface area contributed by atoms with Crippen molar-refractivity contribution in [3.63, 3.8) is 0 Å². The highest BCUT2D eigenvalue weighted by atomic mass is 19.4. The van der Waals surface area contributed by atoms with Gasteiger partial charge in [0.2, 0.25) is 0 Å². The van der Waals surface area contributed by atoms with Crippen LogP contribution in [0, 0.1) is 5.82 Å². The summed E-state index contributed by atoms with van der Waals surface area (Å²) < 4.78 is 54.1. The van der Waals surface area contributed by atoms with Crippen molar-refractivity contribution < 1.29 is 22.4 Å². The van der Waals surface area contributed by atoms with Crippen LogP contribution in [0.1, 0.15) is 16.8 Å². The molecule has 4 nitrogen and oxygen atoms in total. The Morgan fingerprint density at radius 3 is 2.58 bits per heavy atom. The molecule has 0 spiro atoms. The summed E-state index contributed by atoms with van der Waals surface area (Å²) in [4.78, 5) is 14.1. The van der Waals surface area contributed by atoms with Gasteiger partial charge in [-0.15, -0.1) is 6.58 Å². The average molecular weight is 431 g/mol. The third kappa shape index (κ3) is 5.97. The number of alkyl halides is 3. The maximum Gasteiger partial charge on any atom is 0.416 e. The third-order valence-electron chi connectivity index (χ3n) is 4.60. The molecule has 0 aliphatic rings. The Hall–Kier alpha value is -3.55. The summed E-state index contributed by atoms with van der Waals surface area (Å²) in [6.07, 6.45) is -1.11. The van der Waals surface area contributed by atoms with E-state index in [1.54, 1.807) is 41.1 Å². The molecule has 8 heteroatoms. The fraction of sp³-hybridized carbons (Fsp3) is 0.174. The lowest BCUT2D eigenvalue weighted by Crippen LogP contribution is -2.35. The second-order valence-corrected chi connectivity index (χ2v) is 6.94. The minimum atomic E-state index is -4.41. The van der Waals surface area contributed by atoms with E-state index >= 15 is 0 Å². The summed E-state index contributed by atoms with van der Waals surface area (Å²) in [5.74, 6) is -0.469. The quantitative estimate of drug-likeness (QED) is 0.366. The van der Waals surface area contributed by atoms with E-state index in [4.69, 9.17) is 0 Å². The number of halogens is 4. The Labute approximate surface area is 177 Å². The maximum absolute atomic E-state index is 13.4. The van der Waals surface area contributed by atoms with Gasteiger partial charge in [0.25, 0.3) is 0 Å². The van der Waals surface area contributed by atoms with E-state index in [1.165, 1.54) is 29.2 Å². The van der Waals surface area contributed by atoms with Gasteiger partial charge >= 0.3 is 12.2 Å². The van der Waals surface area contributed by atoms with Crippen LogP contribution in [0.5, 0.6) is 0 Å². The zero-order valence-electron chi connectivity index (χ0n) is 16.6. The first-order valence-electron chi connectivity index (χ1n) is 9.49. The Morgan fingerprint density at radius 1 is 1.10 bits per heavy atom. The van der Waals surface area contributed by atoms with Crippen LogP contribution in [0.2, 0.25) is 0 Å². The molecule has 3 rings (SSSR count). The lowest BCUT2D eigenvalue weighted by molar-refractivity contribution is -0.137. The molecule has 0 bridgehead atoms. The molecule has 0 atom stereocenters. The highest BCUT2D eigenvalue weighted by Crippen LogP contribution is 2.29. The fourth-order valence-corrected chi connectivity index (χ4v) is 3.13.